The van der Waals surface area contributed by atoms with Crippen molar-refractivity contribution in [1.82, 2.24) is 15.5 Å². The number of imide groups is 1. The van der Waals surface area contributed by atoms with Gasteiger partial charge in [0, 0.05) is 60.9 Å². The number of hydrogen-bond acceptors (Lipinski definition) is 9. The first-order chi connectivity index (χ1) is 23.2. The first-order valence-corrected chi connectivity index (χ1v) is 16.8. The molecule has 4 N–H and O–H groups in total. The second kappa shape index (κ2) is 12.9. The molecule has 4 heterocycles. The van der Waals surface area contributed by atoms with Crippen LogP contribution in [0.3, 0.4) is 0 Å². The number of piperidine rings is 1. The lowest BCUT2D eigenvalue weighted by atomic mass is 10.0. The Hall–Kier alpha value is -5.04. The second-order valence-electron chi connectivity index (χ2n) is 12.2. The Morgan fingerprint density at radius 1 is 1.06 bits per heavy atom. The van der Waals surface area contributed by atoms with Crippen molar-refractivity contribution in [2.24, 2.45) is 0 Å². The highest BCUT2D eigenvalue weighted by atomic mass is 32.2. The second-order valence-corrected chi connectivity index (χ2v) is 13.4. The predicted molar refractivity (Wildman–Crippen MR) is 182 cm³/mol. The number of rotatable bonds is 9. The third-order valence-electron chi connectivity index (χ3n) is 8.91. The zero-order valence-corrected chi connectivity index (χ0v) is 27.3. The van der Waals surface area contributed by atoms with Crippen LogP contribution in [0.1, 0.15) is 53.7 Å². The summed E-state index contributed by atoms with van der Waals surface area (Å²) in [6.07, 6.45) is 1.43. The van der Waals surface area contributed by atoms with Gasteiger partial charge in [-0.3, -0.25) is 24.5 Å². The van der Waals surface area contributed by atoms with Crippen LogP contribution in [0.2, 0.25) is 0 Å². The van der Waals surface area contributed by atoms with Gasteiger partial charge in [-0.25, -0.2) is 4.39 Å². The number of thioether (sulfide) groups is 1. The van der Waals surface area contributed by atoms with E-state index in [1.807, 2.05) is 17.9 Å². The number of ether oxygens (including phenoxy) is 1. The van der Waals surface area contributed by atoms with E-state index in [0.717, 1.165) is 46.1 Å². The molecule has 4 amide bonds. The summed E-state index contributed by atoms with van der Waals surface area (Å²) in [5, 5.41) is 12.1. The number of amides is 4. The number of carbonyl (C=O) groups is 4. The van der Waals surface area contributed by atoms with E-state index >= 15 is 0 Å². The molecule has 11 nitrogen and oxygen atoms in total. The Kier molecular flexibility index (Phi) is 8.46. The summed E-state index contributed by atoms with van der Waals surface area (Å²) in [6, 6.07) is 15.4. The van der Waals surface area contributed by atoms with Gasteiger partial charge in [-0.1, -0.05) is 17.8 Å². The molecule has 0 spiro atoms. The molecule has 0 saturated carbocycles. The van der Waals surface area contributed by atoms with Crippen molar-refractivity contribution in [1.29, 1.82) is 0 Å². The lowest BCUT2D eigenvalue weighted by molar-refractivity contribution is -0.137. The molecule has 13 heteroatoms. The maximum atomic E-state index is 14.6. The number of halogens is 1. The number of hydrogen-bond donors (Lipinski definition) is 4. The first kappa shape index (κ1) is 31.6. The van der Waals surface area contributed by atoms with Crippen LogP contribution in [0.25, 0.3) is 5.70 Å². The minimum Gasteiger partial charge on any atom is -0.489 e. The lowest BCUT2D eigenvalue weighted by Gasteiger charge is -2.31. The average Bonchev–Trinajstić information content (AvgIpc) is 3.74. The summed E-state index contributed by atoms with van der Waals surface area (Å²) in [5.74, 6) is -1.30. The van der Waals surface area contributed by atoms with Crippen LogP contribution in [-0.4, -0.2) is 59.8 Å². The van der Waals surface area contributed by atoms with E-state index in [4.69, 9.17) is 4.74 Å². The molecule has 3 aromatic rings. The Balaban J connectivity index is 1.06. The highest BCUT2D eigenvalue weighted by Gasteiger charge is 2.39. The van der Waals surface area contributed by atoms with Gasteiger partial charge >= 0.3 is 0 Å². The summed E-state index contributed by atoms with van der Waals surface area (Å²) in [6.45, 7) is 5.23. The maximum Gasteiger partial charge on any atom is 0.255 e. The highest BCUT2D eigenvalue weighted by molar-refractivity contribution is 8.04. The van der Waals surface area contributed by atoms with Crippen molar-refractivity contribution in [3.63, 3.8) is 0 Å². The number of allylic oxidation sites excluding steroid dienone is 1. The van der Waals surface area contributed by atoms with Crippen molar-refractivity contribution in [3.8, 4) is 5.75 Å². The largest absolute Gasteiger partial charge is 0.489 e. The van der Waals surface area contributed by atoms with Crippen molar-refractivity contribution in [2.75, 3.05) is 35.2 Å². The third kappa shape index (κ3) is 6.05. The van der Waals surface area contributed by atoms with Crippen LogP contribution < -0.4 is 30.9 Å². The van der Waals surface area contributed by atoms with Gasteiger partial charge in [0.2, 0.25) is 17.7 Å². The summed E-state index contributed by atoms with van der Waals surface area (Å²) in [5.41, 5.74) is 6.51. The summed E-state index contributed by atoms with van der Waals surface area (Å²) >= 11 is 1.52. The number of fused-ring (bicyclic) bond motifs is 2. The van der Waals surface area contributed by atoms with Gasteiger partial charge in [-0.2, -0.15) is 0 Å². The van der Waals surface area contributed by atoms with Gasteiger partial charge in [0.1, 0.15) is 24.2 Å². The molecule has 0 radical (unpaired) electrons. The molecule has 7 rings (SSSR count). The van der Waals surface area contributed by atoms with Crippen molar-refractivity contribution >= 4 is 58.1 Å². The van der Waals surface area contributed by atoms with E-state index in [0.29, 0.717) is 30.0 Å². The molecule has 0 bridgehead atoms. The molecule has 2 unspecified atom stereocenters. The molecule has 1 fully saturated rings. The van der Waals surface area contributed by atoms with Crippen LogP contribution in [0.5, 0.6) is 5.75 Å². The van der Waals surface area contributed by atoms with E-state index in [2.05, 4.69) is 39.5 Å². The molecule has 1 saturated heterocycles. The molecule has 0 aromatic heterocycles. The zero-order valence-electron chi connectivity index (χ0n) is 26.5. The molecular formula is C35H35FN6O5S. The Morgan fingerprint density at radius 2 is 1.92 bits per heavy atom. The Bertz CT molecular complexity index is 1880. The fourth-order valence-electron chi connectivity index (χ4n) is 6.72. The normalized spacial score (nSPS) is 20.0. The first-order valence-electron chi connectivity index (χ1n) is 15.9. The van der Waals surface area contributed by atoms with Crippen LogP contribution in [0, 0.1) is 5.82 Å². The van der Waals surface area contributed by atoms with E-state index in [1.54, 1.807) is 18.2 Å². The standard InChI is InChI=1S/C35H35FN6O5S/c1-19-32(22-3-7-27-21(15-22)11-12-38-27)42(35(48-19)39-20(2)43)28-8-4-24(36)17-30(28)47-14-13-37-25-5-6-26-23(16-25)18-41(34(26)46)29-9-10-31(44)40-33(29)45/h3-8,15-17,29,35,37-38H,9-14,18H2,1-2H3,(H,39,43)(H,40,44,45). The van der Waals surface area contributed by atoms with Gasteiger partial charge in [0.25, 0.3) is 5.91 Å². The monoisotopic (exact) mass is 670 g/mol. The minimum absolute atomic E-state index is 0.185. The van der Waals surface area contributed by atoms with E-state index in [-0.39, 0.29) is 37.3 Å². The topological polar surface area (TPSA) is 132 Å². The number of nitrogens with one attached hydrogen (secondary N) is 4. The molecule has 3 aromatic carbocycles. The van der Waals surface area contributed by atoms with E-state index in [9.17, 15) is 23.6 Å². The predicted octanol–water partition coefficient (Wildman–Crippen LogP) is 4.41. The zero-order chi connectivity index (χ0) is 33.5. The number of benzene rings is 3. The molecule has 4 aliphatic rings. The van der Waals surface area contributed by atoms with Crippen LogP contribution in [0.4, 0.5) is 21.5 Å². The van der Waals surface area contributed by atoms with Gasteiger partial charge in [-0.05, 0) is 78.9 Å². The molecule has 2 atom stereocenters. The average molecular weight is 671 g/mol. The van der Waals surface area contributed by atoms with E-state index < -0.39 is 23.3 Å². The van der Waals surface area contributed by atoms with Crippen molar-refractivity contribution in [2.45, 2.75) is 51.2 Å². The third-order valence-corrected chi connectivity index (χ3v) is 10.0. The number of carbonyl (C=O) groups excluding carboxylic acids is 4. The molecular weight excluding hydrogens is 635 g/mol. The summed E-state index contributed by atoms with van der Waals surface area (Å²) in [4.78, 5) is 53.8. The summed E-state index contributed by atoms with van der Waals surface area (Å²) in [7, 11) is 0. The Labute approximate surface area is 281 Å². The number of nitrogens with zero attached hydrogens (tertiary/aromatic N) is 2. The Morgan fingerprint density at radius 3 is 2.73 bits per heavy atom. The van der Waals surface area contributed by atoms with Gasteiger partial charge in [-0.15, -0.1) is 0 Å². The molecule has 48 heavy (non-hydrogen) atoms. The fourth-order valence-corrected chi connectivity index (χ4v) is 7.93. The van der Waals surface area contributed by atoms with Crippen molar-refractivity contribution < 1.29 is 28.3 Å². The summed E-state index contributed by atoms with van der Waals surface area (Å²) < 4.78 is 20.8. The van der Waals surface area contributed by atoms with Gasteiger partial charge < -0.3 is 30.5 Å². The van der Waals surface area contributed by atoms with Gasteiger partial charge in [0.15, 0.2) is 5.50 Å². The highest BCUT2D eigenvalue weighted by Crippen LogP contribution is 2.48. The van der Waals surface area contributed by atoms with Crippen LogP contribution in [-0.2, 0) is 27.3 Å². The van der Waals surface area contributed by atoms with Crippen molar-refractivity contribution in [3.05, 3.63) is 87.6 Å². The maximum absolute atomic E-state index is 14.6. The van der Waals surface area contributed by atoms with E-state index in [1.165, 1.54) is 41.3 Å². The molecule has 248 valence electrons. The SMILES string of the molecule is CC(=O)NC1SC(C)=C(c2ccc3c(c2)CCN3)N1c1ccc(F)cc1OCCNc1ccc2c(c1)CN(C1CCC(=O)NC1=O)C2=O. The number of anilines is 3. The van der Waals surface area contributed by atoms with Crippen LogP contribution >= 0.6 is 11.8 Å². The molecule has 0 aliphatic carbocycles. The quantitative estimate of drug-likeness (QED) is 0.193. The fraction of sp³-hybridized carbons (Fsp3) is 0.314. The van der Waals surface area contributed by atoms with Gasteiger partial charge in [0.05, 0.1) is 11.4 Å². The lowest BCUT2D eigenvalue weighted by Crippen LogP contribution is -2.52. The van der Waals surface area contributed by atoms with Crippen LogP contribution in [0.15, 0.2) is 59.5 Å². The smallest absolute Gasteiger partial charge is 0.255 e. The minimum atomic E-state index is -0.675. The molecule has 4 aliphatic heterocycles.